The first-order chi connectivity index (χ1) is 14.1. The number of aromatic nitrogens is 4. The maximum absolute atomic E-state index is 13.1. The quantitative estimate of drug-likeness (QED) is 0.381. The minimum atomic E-state index is -0.125. The third-order valence-electron chi connectivity index (χ3n) is 4.42. The zero-order valence-corrected chi connectivity index (χ0v) is 17.5. The van der Waals surface area contributed by atoms with Crippen molar-refractivity contribution in [2.24, 2.45) is 0 Å². The number of fused-ring (bicyclic) bond motifs is 1. The molecule has 0 saturated carbocycles. The Labute approximate surface area is 178 Å². The summed E-state index contributed by atoms with van der Waals surface area (Å²) in [5.74, 6) is 0.752. The third-order valence-corrected chi connectivity index (χ3v) is 6.58. The molecule has 5 aromatic rings. The Hall–Kier alpha value is -2.81. The van der Waals surface area contributed by atoms with E-state index < -0.39 is 0 Å². The van der Waals surface area contributed by atoms with Gasteiger partial charge in [0, 0.05) is 31.3 Å². The highest BCUT2D eigenvalue weighted by Gasteiger charge is 2.16. The van der Waals surface area contributed by atoms with Gasteiger partial charge in [-0.2, -0.15) is 4.98 Å². The maximum Gasteiger partial charge on any atom is 0.263 e. The topological polar surface area (TPSA) is 73.8 Å². The first-order valence-corrected chi connectivity index (χ1v) is 10.8. The summed E-state index contributed by atoms with van der Waals surface area (Å²) in [7, 11) is 0. The normalized spacial score (nSPS) is 11.4. The molecule has 0 amide bonds. The standard InChI is InChI=1S/C20H13ClN4O2S2/c1-11-5-6-15(29-11)14-9-28-19-17(14)20(26)25(10-22-19)8-16-23-18(24-27-16)12-3-2-4-13(21)7-12/h2-7,9-10H,8H2,1H3. The molecule has 0 radical (unpaired) electrons. The van der Waals surface area contributed by atoms with E-state index in [0.717, 1.165) is 20.8 Å². The van der Waals surface area contributed by atoms with Gasteiger partial charge in [0.25, 0.3) is 5.56 Å². The summed E-state index contributed by atoms with van der Waals surface area (Å²) in [4.78, 5) is 25.0. The number of thiophene rings is 2. The van der Waals surface area contributed by atoms with Crippen molar-refractivity contribution in [1.82, 2.24) is 19.7 Å². The minimum Gasteiger partial charge on any atom is -0.337 e. The minimum absolute atomic E-state index is 0.125. The van der Waals surface area contributed by atoms with Crippen LogP contribution in [0.4, 0.5) is 0 Å². The summed E-state index contributed by atoms with van der Waals surface area (Å²) >= 11 is 9.15. The van der Waals surface area contributed by atoms with E-state index in [0.29, 0.717) is 22.1 Å². The molecule has 0 aliphatic heterocycles. The molecule has 144 valence electrons. The molecule has 9 heteroatoms. The van der Waals surface area contributed by atoms with Crippen LogP contribution in [-0.2, 0) is 6.54 Å². The van der Waals surface area contributed by atoms with E-state index in [-0.39, 0.29) is 12.1 Å². The molecule has 0 bridgehead atoms. The van der Waals surface area contributed by atoms with Crippen LogP contribution in [0.2, 0.25) is 5.02 Å². The van der Waals surface area contributed by atoms with Crippen LogP contribution in [0.25, 0.3) is 32.0 Å². The molecule has 5 rings (SSSR count). The fourth-order valence-electron chi connectivity index (χ4n) is 3.05. The van der Waals surface area contributed by atoms with Gasteiger partial charge in [0.2, 0.25) is 11.7 Å². The van der Waals surface area contributed by atoms with E-state index in [1.54, 1.807) is 23.5 Å². The van der Waals surface area contributed by atoms with Crippen molar-refractivity contribution in [1.29, 1.82) is 0 Å². The van der Waals surface area contributed by atoms with E-state index in [2.05, 4.69) is 15.1 Å². The SMILES string of the molecule is Cc1ccc(-c2csc3ncn(Cc4nc(-c5cccc(Cl)c5)no4)c(=O)c23)s1. The predicted octanol–water partition coefficient (Wildman–Crippen LogP) is 5.25. The lowest BCUT2D eigenvalue weighted by atomic mass is 10.2. The zero-order valence-electron chi connectivity index (χ0n) is 15.1. The van der Waals surface area contributed by atoms with Gasteiger partial charge in [0.1, 0.15) is 11.4 Å². The molecule has 0 aliphatic rings. The van der Waals surface area contributed by atoms with Gasteiger partial charge in [0.05, 0.1) is 11.7 Å². The van der Waals surface area contributed by atoms with Gasteiger partial charge < -0.3 is 4.52 Å². The highest BCUT2D eigenvalue weighted by atomic mass is 35.5. The molecular formula is C20H13ClN4O2S2. The number of hydrogen-bond donors (Lipinski definition) is 0. The lowest BCUT2D eigenvalue weighted by Crippen LogP contribution is -2.21. The molecular weight excluding hydrogens is 428 g/mol. The van der Waals surface area contributed by atoms with Gasteiger partial charge in [-0.05, 0) is 31.2 Å². The van der Waals surface area contributed by atoms with Crippen molar-refractivity contribution >= 4 is 44.5 Å². The summed E-state index contributed by atoms with van der Waals surface area (Å²) in [5, 5.41) is 7.19. The molecule has 1 aromatic carbocycles. The number of benzene rings is 1. The Morgan fingerprint density at radius 3 is 2.93 bits per heavy atom. The van der Waals surface area contributed by atoms with Crippen LogP contribution in [0.3, 0.4) is 0 Å². The Kier molecular flexibility index (Phi) is 4.54. The molecule has 4 aromatic heterocycles. The fourth-order valence-corrected chi connectivity index (χ4v) is 5.10. The van der Waals surface area contributed by atoms with Crippen LogP contribution >= 0.6 is 34.3 Å². The van der Waals surface area contributed by atoms with Crippen LogP contribution < -0.4 is 5.56 Å². The molecule has 0 atom stereocenters. The first-order valence-electron chi connectivity index (χ1n) is 8.70. The van der Waals surface area contributed by atoms with Crippen LogP contribution in [0.5, 0.6) is 0 Å². The van der Waals surface area contributed by atoms with E-state index in [1.165, 1.54) is 27.1 Å². The van der Waals surface area contributed by atoms with Gasteiger partial charge in [-0.1, -0.05) is 28.9 Å². The second kappa shape index (κ2) is 7.22. The molecule has 0 unspecified atom stereocenters. The maximum atomic E-state index is 13.1. The smallest absolute Gasteiger partial charge is 0.263 e. The molecule has 0 saturated heterocycles. The van der Waals surface area contributed by atoms with Crippen molar-refractivity contribution in [3.05, 3.63) is 74.2 Å². The van der Waals surface area contributed by atoms with Gasteiger partial charge in [0.15, 0.2) is 0 Å². The van der Waals surface area contributed by atoms with Crippen LogP contribution in [-0.4, -0.2) is 19.7 Å². The summed E-state index contributed by atoms with van der Waals surface area (Å²) < 4.78 is 6.84. The largest absolute Gasteiger partial charge is 0.337 e. The van der Waals surface area contributed by atoms with Crippen molar-refractivity contribution in [2.45, 2.75) is 13.5 Å². The highest BCUT2D eigenvalue weighted by Crippen LogP contribution is 2.35. The number of halogens is 1. The number of aryl methyl sites for hydroxylation is 1. The lowest BCUT2D eigenvalue weighted by molar-refractivity contribution is 0.369. The number of hydrogen-bond acceptors (Lipinski definition) is 7. The second-order valence-corrected chi connectivity index (χ2v) is 9.02. The van der Waals surface area contributed by atoms with E-state index >= 15 is 0 Å². The monoisotopic (exact) mass is 440 g/mol. The van der Waals surface area contributed by atoms with Gasteiger partial charge in [-0.3, -0.25) is 9.36 Å². The molecule has 6 nitrogen and oxygen atoms in total. The van der Waals surface area contributed by atoms with E-state index in [1.807, 2.05) is 36.6 Å². The van der Waals surface area contributed by atoms with Gasteiger partial charge >= 0.3 is 0 Å². The Bertz CT molecular complexity index is 1400. The summed E-state index contributed by atoms with van der Waals surface area (Å²) in [5.41, 5.74) is 1.54. The van der Waals surface area contributed by atoms with Crippen LogP contribution in [0, 0.1) is 6.92 Å². The Morgan fingerprint density at radius 1 is 1.24 bits per heavy atom. The van der Waals surface area contributed by atoms with Crippen molar-refractivity contribution in [3.8, 4) is 21.8 Å². The first kappa shape index (κ1) is 18.2. The highest BCUT2D eigenvalue weighted by molar-refractivity contribution is 7.19. The Morgan fingerprint density at radius 2 is 2.14 bits per heavy atom. The molecule has 0 aliphatic carbocycles. The predicted molar refractivity (Wildman–Crippen MR) is 116 cm³/mol. The number of nitrogens with zero attached hydrogens (tertiary/aromatic N) is 4. The third kappa shape index (κ3) is 3.39. The molecule has 0 N–H and O–H groups in total. The van der Waals surface area contributed by atoms with E-state index in [9.17, 15) is 4.79 Å². The second-order valence-electron chi connectivity index (χ2n) is 6.44. The lowest BCUT2D eigenvalue weighted by Gasteiger charge is -2.02. The van der Waals surface area contributed by atoms with Gasteiger partial charge in [-0.15, -0.1) is 22.7 Å². The summed E-state index contributed by atoms with van der Waals surface area (Å²) in [6.45, 7) is 2.19. The molecule has 0 fully saturated rings. The molecule has 0 spiro atoms. The van der Waals surface area contributed by atoms with Crippen molar-refractivity contribution < 1.29 is 4.52 Å². The summed E-state index contributed by atoms with van der Waals surface area (Å²) in [6.07, 6.45) is 1.52. The summed E-state index contributed by atoms with van der Waals surface area (Å²) in [6, 6.07) is 11.3. The average molecular weight is 441 g/mol. The number of rotatable bonds is 4. The zero-order chi connectivity index (χ0) is 20.0. The van der Waals surface area contributed by atoms with Crippen molar-refractivity contribution in [2.75, 3.05) is 0 Å². The van der Waals surface area contributed by atoms with E-state index in [4.69, 9.17) is 16.1 Å². The Balaban J connectivity index is 1.52. The van der Waals surface area contributed by atoms with Crippen LogP contribution in [0.15, 0.2) is 57.4 Å². The average Bonchev–Trinajstić information content (AvgIpc) is 3.43. The van der Waals surface area contributed by atoms with Gasteiger partial charge in [-0.25, -0.2) is 4.98 Å². The van der Waals surface area contributed by atoms with Crippen molar-refractivity contribution in [3.63, 3.8) is 0 Å². The molecule has 29 heavy (non-hydrogen) atoms. The van der Waals surface area contributed by atoms with Crippen LogP contribution in [0.1, 0.15) is 10.8 Å². The fraction of sp³-hybridized carbons (Fsp3) is 0.100. The molecule has 4 heterocycles.